The van der Waals surface area contributed by atoms with Gasteiger partial charge in [-0.25, -0.2) is 0 Å². The summed E-state index contributed by atoms with van der Waals surface area (Å²) < 4.78 is 5.11. The van der Waals surface area contributed by atoms with Gasteiger partial charge in [-0.2, -0.15) is 0 Å². The predicted octanol–water partition coefficient (Wildman–Crippen LogP) is 4.39. The van der Waals surface area contributed by atoms with E-state index in [9.17, 15) is 4.79 Å². The third kappa shape index (κ3) is 4.14. The molecule has 0 fully saturated rings. The Labute approximate surface area is 146 Å². The van der Waals surface area contributed by atoms with Crippen LogP contribution >= 0.6 is 0 Å². The first kappa shape index (κ1) is 16.5. The third-order valence-corrected chi connectivity index (χ3v) is 3.77. The smallest absolute Gasteiger partial charge is 0.257 e. The first-order valence-electron chi connectivity index (χ1n) is 7.89. The number of para-hydroxylation sites is 1. The van der Waals surface area contributed by atoms with Crippen molar-refractivity contribution >= 4 is 23.0 Å². The number of aryl methyl sites for hydroxylation is 1. The number of ether oxygens (including phenoxy) is 1. The fourth-order valence-electron chi connectivity index (χ4n) is 2.38. The number of hydrogen-bond donors (Lipinski definition) is 2. The van der Waals surface area contributed by atoms with Crippen molar-refractivity contribution in [3.05, 3.63) is 78.1 Å². The van der Waals surface area contributed by atoms with Crippen molar-refractivity contribution in [3.63, 3.8) is 0 Å². The Kier molecular flexibility index (Phi) is 4.95. The van der Waals surface area contributed by atoms with Crippen molar-refractivity contribution in [1.29, 1.82) is 0 Å². The van der Waals surface area contributed by atoms with Crippen LogP contribution < -0.4 is 15.4 Å². The molecule has 1 amide bonds. The summed E-state index contributed by atoms with van der Waals surface area (Å²) in [6.45, 7) is 2.02. The van der Waals surface area contributed by atoms with Gasteiger partial charge in [0.1, 0.15) is 5.75 Å². The Morgan fingerprint density at radius 3 is 2.48 bits per heavy atom. The number of pyridine rings is 1. The van der Waals surface area contributed by atoms with Gasteiger partial charge < -0.3 is 15.4 Å². The van der Waals surface area contributed by atoms with Crippen LogP contribution in [-0.4, -0.2) is 18.0 Å². The Morgan fingerprint density at radius 2 is 1.76 bits per heavy atom. The number of anilines is 3. The zero-order chi connectivity index (χ0) is 17.6. The summed E-state index contributed by atoms with van der Waals surface area (Å²) in [7, 11) is 1.60. The van der Waals surface area contributed by atoms with Crippen molar-refractivity contribution in [3.8, 4) is 5.75 Å². The molecule has 0 spiro atoms. The fraction of sp³-hybridized carbons (Fsp3) is 0.100. The molecule has 0 saturated heterocycles. The van der Waals surface area contributed by atoms with Crippen molar-refractivity contribution in [2.45, 2.75) is 6.92 Å². The summed E-state index contributed by atoms with van der Waals surface area (Å²) in [5.41, 5.74) is 4.04. The van der Waals surface area contributed by atoms with Crippen LogP contribution in [0.1, 0.15) is 15.9 Å². The molecular weight excluding hydrogens is 314 g/mol. The molecule has 3 rings (SSSR count). The summed E-state index contributed by atoms with van der Waals surface area (Å²) >= 11 is 0. The second-order valence-corrected chi connectivity index (χ2v) is 5.58. The van der Waals surface area contributed by atoms with Crippen LogP contribution in [0.25, 0.3) is 0 Å². The molecular formula is C20H19N3O2. The Balaban J connectivity index is 1.74. The van der Waals surface area contributed by atoms with Crippen molar-refractivity contribution in [1.82, 2.24) is 4.98 Å². The van der Waals surface area contributed by atoms with E-state index < -0.39 is 0 Å². The lowest BCUT2D eigenvalue weighted by Crippen LogP contribution is -2.12. The highest BCUT2D eigenvalue weighted by Gasteiger charge is 2.08. The van der Waals surface area contributed by atoms with Crippen LogP contribution in [-0.2, 0) is 0 Å². The van der Waals surface area contributed by atoms with E-state index in [1.807, 2.05) is 31.2 Å². The second-order valence-electron chi connectivity index (χ2n) is 5.58. The largest absolute Gasteiger partial charge is 0.497 e. The lowest BCUT2D eigenvalue weighted by molar-refractivity contribution is 0.102. The van der Waals surface area contributed by atoms with Crippen LogP contribution in [0.5, 0.6) is 5.75 Å². The minimum Gasteiger partial charge on any atom is -0.497 e. The van der Waals surface area contributed by atoms with Crippen molar-refractivity contribution < 1.29 is 9.53 Å². The van der Waals surface area contributed by atoms with Crippen molar-refractivity contribution in [2.75, 3.05) is 17.7 Å². The summed E-state index contributed by atoms with van der Waals surface area (Å²) in [5.74, 6) is 0.523. The standard InChI is InChI=1S/C20H19N3O2/c1-14-5-3-4-6-19(14)22-17-11-15(12-21-13-17)20(24)23-16-7-9-18(25-2)10-8-16/h3-13,22H,1-2H3,(H,23,24). The number of rotatable bonds is 5. The minimum atomic E-state index is -0.217. The van der Waals surface area contributed by atoms with Gasteiger partial charge in [0.25, 0.3) is 5.91 Å². The highest BCUT2D eigenvalue weighted by Crippen LogP contribution is 2.21. The average Bonchev–Trinajstić information content (AvgIpc) is 2.64. The van der Waals surface area contributed by atoms with E-state index in [0.29, 0.717) is 11.3 Å². The molecule has 1 heterocycles. The number of carbonyl (C=O) groups is 1. The van der Waals surface area contributed by atoms with Crippen LogP contribution in [0.4, 0.5) is 17.1 Å². The monoisotopic (exact) mass is 333 g/mol. The van der Waals surface area contributed by atoms with Gasteiger partial charge in [0.05, 0.1) is 24.6 Å². The molecule has 2 N–H and O–H groups in total. The zero-order valence-corrected chi connectivity index (χ0v) is 14.1. The van der Waals surface area contributed by atoms with E-state index in [0.717, 1.165) is 22.7 Å². The van der Waals surface area contributed by atoms with E-state index in [1.165, 1.54) is 0 Å². The molecule has 0 atom stereocenters. The molecule has 0 radical (unpaired) electrons. The Hall–Kier alpha value is -3.34. The molecule has 126 valence electrons. The van der Waals surface area contributed by atoms with Gasteiger partial charge in [-0.1, -0.05) is 18.2 Å². The van der Waals surface area contributed by atoms with Crippen LogP contribution in [0, 0.1) is 6.92 Å². The van der Waals surface area contributed by atoms with E-state index in [1.54, 1.807) is 49.8 Å². The first-order valence-corrected chi connectivity index (χ1v) is 7.89. The maximum atomic E-state index is 12.4. The molecule has 5 heteroatoms. The summed E-state index contributed by atoms with van der Waals surface area (Å²) in [5, 5.41) is 6.14. The highest BCUT2D eigenvalue weighted by molar-refractivity contribution is 6.04. The van der Waals surface area contributed by atoms with Gasteiger partial charge in [-0.15, -0.1) is 0 Å². The van der Waals surface area contributed by atoms with Gasteiger partial charge in [0, 0.05) is 17.6 Å². The quantitative estimate of drug-likeness (QED) is 0.727. The van der Waals surface area contributed by atoms with Crippen LogP contribution in [0.15, 0.2) is 67.0 Å². The maximum Gasteiger partial charge on any atom is 0.257 e. The molecule has 3 aromatic rings. The Morgan fingerprint density at radius 1 is 1.00 bits per heavy atom. The van der Waals surface area contributed by atoms with Gasteiger partial charge in [0.15, 0.2) is 0 Å². The molecule has 0 aliphatic rings. The molecule has 0 aliphatic heterocycles. The molecule has 0 bridgehead atoms. The van der Waals surface area contributed by atoms with Gasteiger partial charge in [-0.05, 0) is 48.9 Å². The van der Waals surface area contributed by atoms with E-state index in [2.05, 4.69) is 15.6 Å². The molecule has 25 heavy (non-hydrogen) atoms. The van der Waals surface area contributed by atoms with Crippen molar-refractivity contribution in [2.24, 2.45) is 0 Å². The number of aromatic nitrogens is 1. The summed E-state index contributed by atoms with van der Waals surface area (Å²) in [6.07, 6.45) is 3.23. The van der Waals surface area contributed by atoms with E-state index in [-0.39, 0.29) is 5.91 Å². The topological polar surface area (TPSA) is 63.2 Å². The third-order valence-electron chi connectivity index (χ3n) is 3.77. The second kappa shape index (κ2) is 7.49. The number of hydrogen-bond acceptors (Lipinski definition) is 4. The van der Waals surface area contributed by atoms with Crippen LogP contribution in [0.2, 0.25) is 0 Å². The first-order chi connectivity index (χ1) is 12.2. The maximum absolute atomic E-state index is 12.4. The summed E-state index contributed by atoms with van der Waals surface area (Å²) in [4.78, 5) is 16.6. The predicted molar refractivity (Wildman–Crippen MR) is 99.6 cm³/mol. The molecule has 2 aromatic carbocycles. The average molecular weight is 333 g/mol. The fourth-order valence-corrected chi connectivity index (χ4v) is 2.38. The number of nitrogens with one attached hydrogen (secondary N) is 2. The molecule has 0 aliphatic carbocycles. The number of methoxy groups -OCH3 is 1. The van der Waals surface area contributed by atoms with E-state index >= 15 is 0 Å². The molecule has 1 aromatic heterocycles. The Bertz CT molecular complexity index is 876. The SMILES string of the molecule is COc1ccc(NC(=O)c2cncc(Nc3ccccc3C)c2)cc1. The lowest BCUT2D eigenvalue weighted by Gasteiger charge is -2.10. The van der Waals surface area contributed by atoms with E-state index in [4.69, 9.17) is 4.74 Å². The highest BCUT2D eigenvalue weighted by atomic mass is 16.5. The van der Waals surface area contributed by atoms with Crippen LogP contribution in [0.3, 0.4) is 0 Å². The zero-order valence-electron chi connectivity index (χ0n) is 14.1. The minimum absolute atomic E-state index is 0.217. The lowest BCUT2D eigenvalue weighted by atomic mass is 10.2. The number of carbonyl (C=O) groups excluding carboxylic acids is 1. The van der Waals surface area contributed by atoms with Gasteiger partial charge in [-0.3, -0.25) is 9.78 Å². The molecule has 5 nitrogen and oxygen atoms in total. The normalized spacial score (nSPS) is 10.2. The van der Waals surface area contributed by atoms with Gasteiger partial charge >= 0.3 is 0 Å². The number of nitrogens with zero attached hydrogens (tertiary/aromatic N) is 1. The molecule has 0 saturated carbocycles. The number of amides is 1. The van der Waals surface area contributed by atoms with Gasteiger partial charge in [0.2, 0.25) is 0 Å². The summed E-state index contributed by atoms with van der Waals surface area (Å²) in [6, 6.07) is 16.9. The molecule has 0 unspecified atom stereocenters. The number of benzene rings is 2.